The molecule has 0 bridgehead atoms. The Morgan fingerprint density at radius 2 is 1.95 bits per heavy atom. The quantitative estimate of drug-likeness (QED) is 0.741. The molecule has 21 heavy (non-hydrogen) atoms. The van der Waals surface area contributed by atoms with E-state index in [4.69, 9.17) is 10.2 Å². The number of carboxylic acids is 1. The van der Waals surface area contributed by atoms with Gasteiger partial charge in [0.25, 0.3) is 5.91 Å². The fourth-order valence-corrected chi connectivity index (χ4v) is 1.93. The monoisotopic (exact) mass is 369 g/mol. The van der Waals surface area contributed by atoms with Gasteiger partial charge in [-0.25, -0.2) is 4.79 Å². The number of benzene rings is 1. The molecular weight excluding hydrogens is 359 g/mol. The van der Waals surface area contributed by atoms with Crippen molar-refractivity contribution in [3.63, 3.8) is 0 Å². The summed E-state index contributed by atoms with van der Waals surface area (Å²) in [5.74, 6) is -2.61. The van der Waals surface area contributed by atoms with Gasteiger partial charge in [0.2, 0.25) is 0 Å². The maximum absolute atomic E-state index is 12.9. The van der Waals surface area contributed by atoms with Gasteiger partial charge in [-0.2, -0.15) is 13.2 Å². The van der Waals surface area contributed by atoms with Gasteiger partial charge in [0.15, 0.2) is 0 Å². The van der Waals surface area contributed by atoms with Crippen LogP contribution in [0, 0.1) is 0 Å². The lowest BCUT2D eigenvalue weighted by molar-refractivity contribution is -0.139. The van der Waals surface area contributed by atoms with E-state index < -0.39 is 41.8 Å². The van der Waals surface area contributed by atoms with Gasteiger partial charge in [0, 0.05) is 17.5 Å². The van der Waals surface area contributed by atoms with E-state index in [0.717, 1.165) is 12.1 Å². The van der Waals surface area contributed by atoms with Gasteiger partial charge < -0.3 is 15.5 Å². The molecular formula is C12H11BrF3NO4. The maximum atomic E-state index is 12.9. The summed E-state index contributed by atoms with van der Waals surface area (Å²) in [5, 5.41) is 19.5. The summed E-state index contributed by atoms with van der Waals surface area (Å²) in [5.41, 5.74) is -1.86. The van der Waals surface area contributed by atoms with Gasteiger partial charge in [0.1, 0.15) is 6.04 Å². The number of nitrogens with one attached hydrogen (secondary N) is 1. The molecule has 3 N–H and O–H groups in total. The molecule has 9 heteroatoms. The Hall–Kier alpha value is -1.61. The number of aliphatic hydroxyl groups is 1. The van der Waals surface area contributed by atoms with Crippen LogP contribution < -0.4 is 5.32 Å². The summed E-state index contributed by atoms with van der Waals surface area (Å²) < 4.78 is 38.8. The predicted molar refractivity (Wildman–Crippen MR) is 69.7 cm³/mol. The van der Waals surface area contributed by atoms with Crippen molar-refractivity contribution in [3.05, 3.63) is 33.8 Å². The lowest BCUT2D eigenvalue weighted by atomic mass is 10.1. The second kappa shape index (κ2) is 6.90. The molecule has 0 saturated heterocycles. The number of carbonyl (C=O) groups is 2. The van der Waals surface area contributed by atoms with E-state index in [9.17, 15) is 22.8 Å². The van der Waals surface area contributed by atoms with Crippen molar-refractivity contribution in [2.24, 2.45) is 0 Å². The number of aliphatic carboxylic acids is 1. The summed E-state index contributed by atoms with van der Waals surface area (Å²) in [6.07, 6.45) is -5.06. The van der Waals surface area contributed by atoms with Gasteiger partial charge in [-0.1, -0.05) is 15.9 Å². The molecule has 1 aromatic rings. The van der Waals surface area contributed by atoms with Crippen LogP contribution in [0.4, 0.5) is 13.2 Å². The summed E-state index contributed by atoms with van der Waals surface area (Å²) >= 11 is 2.88. The number of carboxylic acid groups (broad SMARTS) is 1. The van der Waals surface area contributed by atoms with E-state index in [1.165, 1.54) is 6.07 Å². The molecule has 0 heterocycles. The Labute approximate surface area is 125 Å². The Bertz CT molecular complexity index is 548. The average Bonchev–Trinajstić information content (AvgIpc) is 2.36. The topological polar surface area (TPSA) is 86.6 Å². The molecule has 5 nitrogen and oxygen atoms in total. The minimum Gasteiger partial charge on any atom is -0.480 e. The molecule has 1 amide bonds. The van der Waals surface area contributed by atoms with Gasteiger partial charge in [-0.3, -0.25) is 4.79 Å². The first-order valence-electron chi connectivity index (χ1n) is 5.68. The fourth-order valence-electron chi connectivity index (χ4n) is 1.57. The number of aliphatic hydroxyl groups excluding tert-OH is 1. The van der Waals surface area contributed by atoms with Gasteiger partial charge in [-0.05, 0) is 18.2 Å². The third-order valence-electron chi connectivity index (χ3n) is 2.55. The number of hydrogen-bond acceptors (Lipinski definition) is 3. The lowest BCUT2D eigenvalue weighted by Crippen LogP contribution is -2.42. The minimum absolute atomic E-state index is 0.136. The fraction of sp³-hybridized carbons (Fsp3) is 0.333. The van der Waals surface area contributed by atoms with Crippen LogP contribution in [0.2, 0.25) is 0 Å². The van der Waals surface area contributed by atoms with E-state index in [2.05, 4.69) is 15.9 Å². The molecule has 1 aromatic carbocycles. The van der Waals surface area contributed by atoms with E-state index in [1.807, 2.05) is 5.32 Å². The van der Waals surface area contributed by atoms with Crippen molar-refractivity contribution < 1.29 is 33.0 Å². The zero-order valence-electron chi connectivity index (χ0n) is 10.4. The molecule has 0 aliphatic carbocycles. The van der Waals surface area contributed by atoms with Crippen LogP contribution >= 0.6 is 15.9 Å². The zero-order valence-corrected chi connectivity index (χ0v) is 12.0. The molecule has 0 unspecified atom stereocenters. The highest BCUT2D eigenvalue weighted by atomic mass is 79.9. The first kappa shape index (κ1) is 17.4. The van der Waals surface area contributed by atoms with Crippen molar-refractivity contribution in [2.75, 3.05) is 6.61 Å². The van der Waals surface area contributed by atoms with Crippen LogP contribution in [0.15, 0.2) is 22.7 Å². The Morgan fingerprint density at radius 1 is 1.33 bits per heavy atom. The number of carbonyl (C=O) groups excluding carboxylic acids is 1. The van der Waals surface area contributed by atoms with Crippen LogP contribution in [-0.4, -0.2) is 34.7 Å². The van der Waals surface area contributed by atoms with Crippen molar-refractivity contribution in [3.8, 4) is 0 Å². The molecule has 0 fully saturated rings. The highest BCUT2D eigenvalue weighted by molar-refractivity contribution is 9.10. The molecule has 0 saturated carbocycles. The van der Waals surface area contributed by atoms with Crippen LogP contribution in [0.3, 0.4) is 0 Å². The third kappa shape index (κ3) is 4.71. The number of amides is 1. The van der Waals surface area contributed by atoms with E-state index in [0.29, 0.717) is 0 Å². The summed E-state index contributed by atoms with van der Waals surface area (Å²) in [4.78, 5) is 22.7. The average molecular weight is 370 g/mol. The zero-order chi connectivity index (χ0) is 16.2. The Balaban J connectivity index is 3.10. The molecule has 1 rings (SSSR count). The number of hydrogen-bond donors (Lipinski definition) is 3. The molecule has 1 atom stereocenters. The van der Waals surface area contributed by atoms with Crippen LogP contribution in [0.5, 0.6) is 0 Å². The molecule has 0 spiro atoms. The van der Waals surface area contributed by atoms with Crippen LogP contribution in [0.1, 0.15) is 22.3 Å². The molecule has 0 aromatic heterocycles. The van der Waals surface area contributed by atoms with Crippen LogP contribution in [-0.2, 0) is 11.0 Å². The smallest absolute Gasteiger partial charge is 0.417 e. The molecule has 0 aliphatic heterocycles. The summed E-state index contributed by atoms with van der Waals surface area (Å²) in [6, 6.07) is 1.45. The molecule has 116 valence electrons. The maximum Gasteiger partial charge on any atom is 0.417 e. The number of halogens is 4. The number of rotatable bonds is 5. The SMILES string of the molecule is O=C(N[C@H](CCO)C(=O)O)c1ccc(Br)cc1C(F)(F)F. The first-order valence-corrected chi connectivity index (χ1v) is 6.47. The highest BCUT2D eigenvalue weighted by Gasteiger charge is 2.36. The van der Waals surface area contributed by atoms with Crippen molar-refractivity contribution in [1.82, 2.24) is 5.32 Å². The van der Waals surface area contributed by atoms with E-state index >= 15 is 0 Å². The normalized spacial score (nSPS) is 12.8. The highest BCUT2D eigenvalue weighted by Crippen LogP contribution is 2.33. The first-order chi connectivity index (χ1) is 9.66. The summed E-state index contributed by atoms with van der Waals surface area (Å²) in [6.45, 7) is -0.524. The van der Waals surface area contributed by atoms with Gasteiger partial charge in [0.05, 0.1) is 11.1 Å². The summed E-state index contributed by atoms with van der Waals surface area (Å²) in [7, 11) is 0. The second-order valence-corrected chi connectivity index (χ2v) is 4.98. The van der Waals surface area contributed by atoms with Gasteiger partial charge in [-0.15, -0.1) is 0 Å². The predicted octanol–water partition coefficient (Wildman–Crippen LogP) is 2.03. The third-order valence-corrected chi connectivity index (χ3v) is 3.05. The van der Waals surface area contributed by atoms with Crippen LogP contribution in [0.25, 0.3) is 0 Å². The molecule has 0 aliphatic rings. The standard InChI is InChI=1S/C12H11BrF3NO4/c13-6-1-2-7(8(5-6)12(14,15)16)10(19)17-9(3-4-18)11(20)21/h1-2,5,9,18H,3-4H2,(H,17,19)(H,20,21)/t9-/m1/s1. The van der Waals surface area contributed by atoms with Crippen molar-refractivity contribution in [2.45, 2.75) is 18.6 Å². The second-order valence-electron chi connectivity index (χ2n) is 4.06. The molecule has 0 radical (unpaired) electrons. The largest absolute Gasteiger partial charge is 0.480 e. The van der Waals surface area contributed by atoms with Crippen molar-refractivity contribution in [1.29, 1.82) is 0 Å². The number of alkyl halides is 3. The van der Waals surface area contributed by atoms with Gasteiger partial charge >= 0.3 is 12.1 Å². The minimum atomic E-state index is -4.76. The Kier molecular flexibility index (Phi) is 5.73. The lowest BCUT2D eigenvalue weighted by Gasteiger charge is -2.16. The van der Waals surface area contributed by atoms with E-state index in [-0.39, 0.29) is 10.9 Å². The van der Waals surface area contributed by atoms with E-state index in [1.54, 1.807) is 0 Å². The Morgan fingerprint density at radius 3 is 2.43 bits per heavy atom. The van der Waals surface area contributed by atoms with Crippen molar-refractivity contribution >= 4 is 27.8 Å².